The second-order valence-corrected chi connectivity index (χ2v) is 6.40. The van der Waals surface area contributed by atoms with E-state index in [1.807, 2.05) is 0 Å². The van der Waals surface area contributed by atoms with E-state index in [1.165, 1.54) is 45.3 Å². The first-order valence-electron chi connectivity index (χ1n) is 7.44. The Morgan fingerprint density at radius 3 is 2.00 bits per heavy atom. The fourth-order valence-corrected chi connectivity index (χ4v) is 3.24. The molecule has 1 rings (SSSR count). The van der Waals surface area contributed by atoms with Gasteiger partial charge in [0.2, 0.25) is 0 Å². The Morgan fingerprint density at radius 2 is 1.59 bits per heavy atom. The van der Waals surface area contributed by atoms with Crippen LogP contribution in [0.5, 0.6) is 0 Å². The van der Waals surface area contributed by atoms with Crippen LogP contribution in [-0.4, -0.2) is 36.6 Å². The van der Waals surface area contributed by atoms with Gasteiger partial charge in [0.05, 0.1) is 0 Å². The third-order valence-electron chi connectivity index (χ3n) is 4.69. The van der Waals surface area contributed by atoms with E-state index in [4.69, 9.17) is 0 Å². The number of nitrogens with zero attached hydrogens (tertiary/aromatic N) is 1. The number of likely N-dealkylation sites (tertiary alicyclic amines) is 1. The highest BCUT2D eigenvalue weighted by atomic mass is 15.2. The van der Waals surface area contributed by atoms with Crippen molar-refractivity contribution in [3.8, 4) is 0 Å². The van der Waals surface area contributed by atoms with Crippen molar-refractivity contribution in [2.45, 2.75) is 65.8 Å². The summed E-state index contributed by atoms with van der Waals surface area (Å²) in [6, 6.07) is 0. The molecule has 0 spiro atoms. The van der Waals surface area contributed by atoms with E-state index in [2.05, 4.69) is 44.8 Å². The van der Waals surface area contributed by atoms with Crippen LogP contribution in [0.1, 0.15) is 60.3 Å². The van der Waals surface area contributed by atoms with Gasteiger partial charge in [-0.3, -0.25) is 0 Å². The Bertz CT molecular complexity index is 209. The number of rotatable bonds is 6. The first kappa shape index (κ1) is 15.0. The summed E-state index contributed by atoms with van der Waals surface area (Å²) in [4.78, 5) is 2.65. The highest BCUT2D eigenvalue weighted by molar-refractivity contribution is 4.88. The molecule has 0 aromatic heterocycles. The molecule has 2 heteroatoms. The zero-order chi connectivity index (χ0) is 12.9. The quantitative estimate of drug-likeness (QED) is 0.766. The van der Waals surface area contributed by atoms with Gasteiger partial charge in [0.1, 0.15) is 0 Å². The van der Waals surface area contributed by atoms with Gasteiger partial charge in [-0.15, -0.1) is 0 Å². The van der Waals surface area contributed by atoms with Crippen molar-refractivity contribution in [2.24, 2.45) is 5.41 Å². The summed E-state index contributed by atoms with van der Waals surface area (Å²) in [5, 5.41) is 3.58. The van der Waals surface area contributed by atoms with Gasteiger partial charge in [0.15, 0.2) is 0 Å². The Kier molecular flexibility index (Phi) is 5.46. The van der Waals surface area contributed by atoms with Crippen LogP contribution in [0.25, 0.3) is 0 Å². The van der Waals surface area contributed by atoms with E-state index < -0.39 is 0 Å². The van der Waals surface area contributed by atoms with E-state index >= 15 is 0 Å². The molecule has 0 aromatic rings. The standard InChI is InChI=1S/C15H32N2/c1-6-15(7-2)9-11-17(12-10-15)13-14(4,5)16-8-3/h16H,6-13H2,1-5H3. The van der Waals surface area contributed by atoms with Crippen LogP contribution in [-0.2, 0) is 0 Å². The molecule has 0 atom stereocenters. The van der Waals surface area contributed by atoms with Gasteiger partial charge in [0.25, 0.3) is 0 Å². The molecule has 17 heavy (non-hydrogen) atoms. The van der Waals surface area contributed by atoms with Crippen molar-refractivity contribution in [3.05, 3.63) is 0 Å². The number of nitrogens with one attached hydrogen (secondary N) is 1. The fraction of sp³-hybridized carbons (Fsp3) is 1.00. The first-order valence-corrected chi connectivity index (χ1v) is 7.44. The summed E-state index contributed by atoms with van der Waals surface area (Å²) in [5.41, 5.74) is 0.909. The molecule has 0 radical (unpaired) electrons. The molecule has 102 valence electrons. The average molecular weight is 240 g/mol. The number of hydrogen-bond donors (Lipinski definition) is 1. The summed E-state index contributed by atoms with van der Waals surface area (Å²) in [6.45, 7) is 16.4. The Hall–Kier alpha value is -0.0800. The summed E-state index contributed by atoms with van der Waals surface area (Å²) in [5.74, 6) is 0. The van der Waals surface area contributed by atoms with E-state index in [0.29, 0.717) is 5.41 Å². The molecule has 0 amide bonds. The summed E-state index contributed by atoms with van der Waals surface area (Å²) in [6.07, 6.45) is 5.49. The maximum absolute atomic E-state index is 3.58. The molecule has 1 aliphatic heterocycles. The molecular formula is C15H32N2. The SMILES string of the molecule is CCNC(C)(C)CN1CCC(CC)(CC)CC1. The monoisotopic (exact) mass is 240 g/mol. The van der Waals surface area contributed by atoms with Gasteiger partial charge < -0.3 is 10.2 Å². The van der Waals surface area contributed by atoms with Crippen LogP contribution >= 0.6 is 0 Å². The molecule has 1 heterocycles. The zero-order valence-corrected chi connectivity index (χ0v) is 12.6. The largest absolute Gasteiger partial charge is 0.311 e. The minimum Gasteiger partial charge on any atom is -0.311 e. The van der Waals surface area contributed by atoms with Crippen LogP contribution in [0.4, 0.5) is 0 Å². The van der Waals surface area contributed by atoms with Crippen LogP contribution in [0.2, 0.25) is 0 Å². The fourth-order valence-electron chi connectivity index (χ4n) is 3.24. The number of piperidine rings is 1. The highest BCUT2D eigenvalue weighted by Crippen LogP contribution is 2.38. The van der Waals surface area contributed by atoms with Crippen molar-refractivity contribution >= 4 is 0 Å². The third-order valence-corrected chi connectivity index (χ3v) is 4.69. The van der Waals surface area contributed by atoms with Gasteiger partial charge in [0, 0.05) is 12.1 Å². The van der Waals surface area contributed by atoms with Gasteiger partial charge in [-0.25, -0.2) is 0 Å². The Morgan fingerprint density at radius 1 is 1.06 bits per heavy atom. The topological polar surface area (TPSA) is 15.3 Å². The lowest BCUT2D eigenvalue weighted by molar-refractivity contribution is 0.0782. The summed E-state index contributed by atoms with van der Waals surface area (Å²) in [7, 11) is 0. The molecular weight excluding hydrogens is 208 g/mol. The molecule has 1 fully saturated rings. The predicted octanol–water partition coefficient (Wildman–Crippen LogP) is 3.28. The van der Waals surface area contributed by atoms with Crippen molar-refractivity contribution in [1.82, 2.24) is 10.2 Å². The molecule has 0 saturated carbocycles. The lowest BCUT2D eigenvalue weighted by atomic mass is 9.74. The van der Waals surface area contributed by atoms with Gasteiger partial charge in [-0.2, -0.15) is 0 Å². The lowest BCUT2D eigenvalue weighted by Crippen LogP contribution is -2.52. The zero-order valence-electron chi connectivity index (χ0n) is 12.6. The van der Waals surface area contributed by atoms with Gasteiger partial charge in [-0.1, -0.05) is 33.6 Å². The second-order valence-electron chi connectivity index (χ2n) is 6.40. The molecule has 2 nitrogen and oxygen atoms in total. The molecule has 0 bridgehead atoms. The number of likely N-dealkylation sites (N-methyl/N-ethyl adjacent to an activating group) is 1. The first-order chi connectivity index (χ1) is 7.97. The van der Waals surface area contributed by atoms with Crippen molar-refractivity contribution in [1.29, 1.82) is 0 Å². The molecule has 1 saturated heterocycles. The van der Waals surface area contributed by atoms with Crippen LogP contribution < -0.4 is 5.32 Å². The van der Waals surface area contributed by atoms with Crippen LogP contribution in [0.3, 0.4) is 0 Å². The van der Waals surface area contributed by atoms with E-state index in [9.17, 15) is 0 Å². The number of hydrogen-bond acceptors (Lipinski definition) is 2. The van der Waals surface area contributed by atoms with Crippen LogP contribution in [0, 0.1) is 5.41 Å². The molecule has 0 unspecified atom stereocenters. The predicted molar refractivity (Wildman–Crippen MR) is 76.4 cm³/mol. The summed E-state index contributed by atoms with van der Waals surface area (Å²) < 4.78 is 0. The van der Waals surface area contributed by atoms with E-state index in [1.54, 1.807) is 0 Å². The van der Waals surface area contributed by atoms with E-state index in [0.717, 1.165) is 6.54 Å². The average Bonchev–Trinajstić information content (AvgIpc) is 2.30. The molecule has 1 aliphatic rings. The van der Waals surface area contributed by atoms with Crippen molar-refractivity contribution in [2.75, 3.05) is 26.2 Å². The highest BCUT2D eigenvalue weighted by Gasteiger charge is 2.32. The van der Waals surface area contributed by atoms with Gasteiger partial charge in [-0.05, 0) is 51.7 Å². The minimum atomic E-state index is 0.257. The molecule has 0 aromatic carbocycles. The lowest BCUT2D eigenvalue weighted by Gasteiger charge is -2.43. The van der Waals surface area contributed by atoms with Crippen molar-refractivity contribution in [3.63, 3.8) is 0 Å². The molecule has 0 aliphatic carbocycles. The Balaban J connectivity index is 2.42. The third kappa shape index (κ3) is 4.26. The maximum Gasteiger partial charge on any atom is 0.0252 e. The molecule has 1 N–H and O–H groups in total. The summed E-state index contributed by atoms with van der Waals surface area (Å²) >= 11 is 0. The second kappa shape index (κ2) is 6.19. The Labute approximate surface area is 108 Å². The maximum atomic E-state index is 3.58. The van der Waals surface area contributed by atoms with Crippen LogP contribution in [0.15, 0.2) is 0 Å². The normalized spacial score (nSPS) is 21.7. The van der Waals surface area contributed by atoms with Crippen molar-refractivity contribution < 1.29 is 0 Å². The van der Waals surface area contributed by atoms with Gasteiger partial charge >= 0.3 is 0 Å². The smallest absolute Gasteiger partial charge is 0.0252 e. The van der Waals surface area contributed by atoms with E-state index in [-0.39, 0.29) is 5.54 Å². The minimum absolute atomic E-state index is 0.257.